The first-order chi connectivity index (χ1) is 11.6. The summed E-state index contributed by atoms with van der Waals surface area (Å²) in [5, 5.41) is 4.26. The van der Waals surface area contributed by atoms with Gasteiger partial charge in [-0.05, 0) is 24.7 Å². The molecule has 1 aliphatic rings. The van der Waals surface area contributed by atoms with Crippen LogP contribution >= 0.6 is 23.2 Å². The maximum atomic E-state index is 6.30. The number of likely N-dealkylation sites (N-methyl/N-ethyl adjacent to an activating group) is 1. The van der Waals surface area contributed by atoms with Gasteiger partial charge < -0.3 is 20.9 Å². The number of nitrogens with zero attached hydrogens (tertiary/aromatic N) is 4. The second-order valence-corrected chi connectivity index (χ2v) is 6.47. The first-order valence-electron chi connectivity index (χ1n) is 7.88. The lowest BCUT2D eigenvalue weighted by Crippen LogP contribution is -2.46. The molecule has 1 aliphatic heterocycles. The van der Waals surface area contributed by atoms with E-state index in [9.17, 15) is 0 Å². The number of anilines is 4. The van der Waals surface area contributed by atoms with E-state index < -0.39 is 0 Å². The van der Waals surface area contributed by atoms with Crippen LogP contribution < -0.4 is 16.0 Å². The number of hydrogen-bond acceptors (Lipinski definition) is 6. The van der Waals surface area contributed by atoms with Crippen LogP contribution in [0.1, 0.15) is 6.92 Å². The summed E-state index contributed by atoms with van der Waals surface area (Å²) in [6, 6.07) is 5.23. The van der Waals surface area contributed by atoms with Gasteiger partial charge in [0.2, 0.25) is 0 Å². The van der Waals surface area contributed by atoms with E-state index in [-0.39, 0.29) is 0 Å². The zero-order chi connectivity index (χ0) is 17.1. The van der Waals surface area contributed by atoms with Gasteiger partial charge in [-0.15, -0.1) is 0 Å². The first kappa shape index (κ1) is 17.1. The van der Waals surface area contributed by atoms with Gasteiger partial charge in [0.1, 0.15) is 12.0 Å². The normalized spacial score (nSPS) is 15.5. The van der Waals surface area contributed by atoms with E-state index in [1.54, 1.807) is 18.2 Å². The number of nitrogen functional groups attached to an aromatic ring is 1. The minimum Gasteiger partial charge on any atom is -0.393 e. The van der Waals surface area contributed by atoms with Gasteiger partial charge in [0.25, 0.3) is 0 Å². The number of rotatable bonds is 4. The third-order valence-electron chi connectivity index (χ3n) is 4.17. The summed E-state index contributed by atoms with van der Waals surface area (Å²) in [4.78, 5) is 13.2. The molecule has 0 unspecified atom stereocenters. The van der Waals surface area contributed by atoms with Crippen molar-refractivity contribution in [1.82, 2.24) is 14.9 Å². The Morgan fingerprint density at radius 1 is 1.17 bits per heavy atom. The van der Waals surface area contributed by atoms with E-state index in [2.05, 4.69) is 32.0 Å². The van der Waals surface area contributed by atoms with Crippen LogP contribution in [-0.4, -0.2) is 47.6 Å². The van der Waals surface area contributed by atoms with Gasteiger partial charge in [-0.3, -0.25) is 0 Å². The molecule has 24 heavy (non-hydrogen) atoms. The van der Waals surface area contributed by atoms with E-state index in [4.69, 9.17) is 28.9 Å². The molecule has 0 aliphatic carbocycles. The van der Waals surface area contributed by atoms with Gasteiger partial charge in [-0.2, -0.15) is 0 Å². The minimum absolute atomic E-state index is 0.513. The molecule has 0 radical (unpaired) electrons. The van der Waals surface area contributed by atoms with Gasteiger partial charge in [0.05, 0.1) is 10.7 Å². The molecule has 0 spiro atoms. The predicted molar refractivity (Wildman–Crippen MR) is 101 cm³/mol. The van der Waals surface area contributed by atoms with Crippen LogP contribution in [0, 0.1) is 0 Å². The van der Waals surface area contributed by atoms with E-state index in [1.807, 2.05) is 0 Å². The summed E-state index contributed by atoms with van der Waals surface area (Å²) in [7, 11) is 0. The Kier molecular flexibility index (Phi) is 5.28. The number of nitrogens with one attached hydrogen (secondary N) is 1. The molecule has 2 heterocycles. The SMILES string of the molecule is CCN1CCN(c2ncnc(Nc3ccc(Cl)cc3Cl)c2N)CC1. The summed E-state index contributed by atoms with van der Waals surface area (Å²) in [6.45, 7) is 7.05. The molecular weight excluding hydrogens is 347 g/mol. The summed E-state index contributed by atoms with van der Waals surface area (Å²) in [5.74, 6) is 1.30. The second kappa shape index (κ2) is 7.42. The maximum Gasteiger partial charge on any atom is 0.159 e. The van der Waals surface area contributed by atoms with Gasteiger partial charge in [0.15, 0.2) is 11.6 Å². The standard InChI is InChI=1S/C16H20Cl2N6/c1-2-23-5-7-24(8-6-23)16-14(19)15(20-10-21-16)22-13-4-3-11(17)9-12(13)18/h3-4,9-10H,2,5-8,19H2,1H3,(H,20,21,22). The average molecular weight is 367 g/mol. The molecule has 1 aromatic heterocycles. The fourth-order valence-corrected chi connectivity index (χ4v) is 3.19. The predicted octanol–water partition coefficient (Wildman–Crippen LogP) is 3.25. The van der Waals surface area contributed by atoms with Crippen molar-refractivity contribution >= 4 is 46.2 Å². The highest BCUT2D eigenvalue weighted by atomic mass is 35.5. The zero-order valence-electron chi connectivity index (χ0n) is 13.5. The molecule has 2 aromatic rings. The van der Waals surface area contributed by atoms with E-state index >= 15 is 0 Å². The highest BCUT2D eigenvalue weighted by Gasteiger charge is 2.20. The Morgan fingerprint density at radius 2 is 1.92 bits per heavy atom. The number of aromatic nitrogens is 2. The van der Waals surface area contributed by atoms with Crippen molar-refractivity contribution < 1.29 is 0 Å². The van der Waals surface area contributed by atoms with Crippen LogP contribution in [0.5, 0.6) is 0 Å². The zero-order valence-corrected chi connectivity index (χ0v) is 15.0. The van der Waals surface area contributed by atoms with Crippen LogP contribution in [0.2, 0.25) is 10.0 Å². The van der Waals surface area contributed by atoms with Crippen LogP contribution in [0.25, 0.3) is 0 Å². The van der Waals surface area contributed by atoms with E-state index in [1.165, 1.54) is 6.33 Å². The van der Waals surface area contributed by atoms with Crippen molar-refractivity contribution in [2.45, 2.75) is 6.92 Å². The van der Waals surface area contributed by atoms with E-state index in [0.717, 1.165) is 38.5 Å². The number of nitrogens with two attached hydrogens (primary N) is 1. The molecule has 8 heteroatoms. The number of halogens is 2. The molecule has 1 aromatic carbocycles. The largest absolute Gasteiger partial charge is 0.393 e. The quantitative estimate of drug-likeness (QED) is 0.865. The van der Waals surface area contributed by atoms with Gasteiger partial charge in [0, 0.05) is 31.2 Å². The number of piperazine rings is 1. The summed E-state index contributed by atoms with van der Waals surface area (Å²) in [5.41, 5.74) is 7.52. The smallest absolute Gasteiger partial charge is 0.159 e. The second-order valence-electron chi connectivity index (χ2n) is 5.63. The fraction of sp³-hybridized carbons (Fsp3) is 0.375. The van der Waals surface area contributed by atoms with Crippen molar-refractivity contribution in [3.8, 4) is 0 Å². The highest BCUT2D eigenvalue weighted by molar-refractivity contribution is 6.36. The van der Waals surface area contributed by atoms with Crippen LogP contribution in [-0.2, 0) is 0 Å². The van der Waals surface area contributed by atoms with Crippen LogP contribution in [0.3, 0.4) is 0 Å². The van der Waals surface area contributed by atoms with E-state index in [0.29, 0.717) is 27.2 Å². The molecule has 0 saturated carbocycles. The molecule has 128 valence electrons. The summed E-state index contributed by atoms with van der Waals surface area (Å²) < 4.78 is 0. The van der Waals surface area contributed by atoms with Gasteiger partial charge in [-0.1, -0.05) is 30.1 Å². The molecule has 6 nitrogen and oxygen atoms in total. The Bertz CT molecular complexity index is 716. The molecular formula is C16H20Cl2N6. The van der Waals surface area contributed by atoms with Crippen molar-refractivity contribution in [2.75, 3.05) is 48.7 Å². The Morgan fingerprint density at radius 3 is 2.58 bits per heavy atom. The van der Waals surface area contributed by atoms with Crippen molar-refractivity contribution in [3.05, 3.63) is 34.6 Å². The fourth-order valence-electron chi connectivity index (χ4n) is 2.73. The molecule has 1 saturated heterocycles. The topological polar surface area (TPSA) is 70.3 Å². The van der Waals surface area contributed by atoms with Crippen LogP contribution in [0.15, 0.2) is 24.5 Å². The summed E-state index contributed by atoms with van der Waals surface area (Å²) >= 11 is 12.1. The number of benzene rings is 1. The summed E-state index contributed by atoms with van der Waals surface area (Å²) in [6.07, 6.45) is 1.52. The monoisotopic (exact) mass is 366 g/mol. The lowest BCUT2D eigenvalue weighted by Gasteiger charge is -2.35. The highest BCUT2D eigenvalue weighted by Crippen LogP contribution is 2.32. The number of hydrogen-bond donors (Lipinski definition) is 2. The van der Waals surface area contributed by atoms with Crippen LogP contribution in [0.4, 0.5) is 23.0 Å². The Labute approximate surface area is 151 Å². The average Bonchev–Trinajstić information content (AvgIpc) is 2.59. The van der Waals surface area contributed by atoms with Gasteiger partial charge >= 0.3 is 0 Å². The molecule has 3 rings (SSSR count). The molecule has 3 N–H and O–H groups in total. The third-order valence-corrected chi connectivity index (χ3v) is 4.71. The van der Waals surface area contributed by atoms with Crippen molar-refractivity contribution in [2.24, 2.45) is 0 Å². The van der Waals surface area contributed by atoms with Gasteiger partial charge in [-0.25, -0.2) is 9.97 Å². The lowest BCUT2D eigenvalue weighted by molar-refractivity contribution is 0.270. The lowest BCUT2D eigenvalue weighted by atomic mass is 10.2. The molecule has 0 amide bonds. The molecule has 0 atom stereocenters. The van der Waals surface area contributed by atoms with Crippen molar-refractivity contribution in [3.63, 3.8) is 0 Å². The maximum absolute atomic E-state index is 6.30. The molecule has 0 bridgehead atoms. The Balaban J connectivity index is 1.81. The first-order valence-corrected chi connectivity index (χ1v) is 8.64. The van der Waals surface area contributed by atoms with Crippen molar-refractivity contribution in [1.29, 1.82) is 0 Å². The Hall–Kier alpha value is -1.76. The minimum atomic E-state index is 0.513. The third kappa shape index (κ3) is 3.66. The molecule has 1 fully saturated rings.